The Kier molecular flexibility index (Phi) is 3.93. The van der Waals surface area contributed by atoms with Gasteiger partial charge in [-0.25, -0.2) is 4.39 Å². The number of benzene rings is 1. The van der Waals surface area contributed by atoms with Gasteiger partial charge in [-0.3, -0.25) is 0 Å². The Morgan fingerprint density at radius 2 is 2.00 bits per heavy atom. The summed E-state index contributed by atoms with van der Waals surface area (Å²) < 4.78 is 19.0. The molecule has 0 spiro atoms. The van der Waals surface area contributed by atoms with E-state index in [-0.39, 0.29) is 5.82 Å². The summed E-state index contributed by atoms with van der Waals surface area (Å²) in [7, 11) is 0. The number of hydrogen-bond acceptors (Lipinski definition) is 1. The van der Waals surface area contributed by atoms with Crippen molar-refractivity contribution in [1.29, 1.82) is 0 Å². The molecule has 1 aromatic rings. The lowest BCUT2D eigenvalue weighted by atomic mass is 10.1. The van der Waals surface area contributed by atoms with E-state index in [1.807, 2.05) is 26.8 Å². The van der Waals surface area contributed by atoms with Crippen LogP contribution < -0.4 is 4.74 Å². The van der Waals surface area contributed by atoms with Gasteiger partial charge in [-0.1, -0.05) is 13.8 Å². The van der Waals surface area contributed by atoms with E-state index < -0.39 is 0 Å². The summed E-state index contributed by atoms with van der Waals surface area (Å²) in [4.78, 5) is 0. The molecule has 0 aromatic heterocycles. The molecule has 0 aliphatic rings. The number of hydrogen-bond donors (Lipinski definition) is 0. The highest BCUT2D eigenvalue weighted by molar-refractivity contribution is 5.38. The lowest BCUT2D eigenvalue weighted by molar-refractivity contribution is 0.312. The molecule has 0 saturated heterocycles. The van der Waals surface area contributed by atoms with E-state index in [1.165, 1.54) is 0 Å². The Balaban J connectivity index is 2.99. The Morgan fingerprint density at radius 3 is 2.57 bits per heavy atom. The maximum Gasteiger partial charge on any atom is 0.130 e. The van der Waals surface area contributed by atoms with Crippen molar-refractivity contribution in [1.82, 2.24) is 0 Å². The van der Waals surface area contributed by atoms with Crippen LogP contribution in [0.4, 0.5) is 4.39 Å². The molecule has 1 aromatic carbocycles. The lowest BCUT2D eigenvalue weighted by Crippen LogP contribution is -2.01. The van der Waals surface area contributed by atoms with Crippen LogP contribution in [-0.4, -0.2) is 6.61 Å². The van der Waals surface area contributed by atoms with Crippen LogP contribution in [0.2, 0.25) is 0 Å². The summed E-state index contributed by atoms with van der Waals surface area (Å²) in [6.07, 6.45) is 1.61. The molecule has 0 aliphatic carbocycles. The Labute approximate surface area is 84.9 Å². The smallest absolute Gasteiger partial charge is 0.130 e. The molecule has 0 unspecified atom stereocenters. The van der Waals surface area contributed by atoms with Crippen LogP contribution in [0.5, 0.6) is 5.75 Å². The summed E-state index contributed by atoms with van der Waals surface area (Å²) in [6, 6.07) is 3.45. The van der Waals surface area contributed by atoms with E-state index in [4.69, 9.17) is 4.74 Å². The molecule has 0 saturated carbocycles. The van der Waals surface area contributed by atoms with E-state index >= 15 is 0 Å². The van der Waals surface area contributed by atoms with E-state index in [1.54, 1.807) is 6.07 Å². The zero-order valence-corrected chi connectivity index (χ0v) is 9.06. The monoisotopic (exact) mass is 196 g/mol. The minimum absolute atomic E-state index is 0.154. The number of halogens is 1. The first kappa shape index (κ1) is 11.0. The van der Waals surface area contributed by atoms with Crippen molar-refractivity contribution >= 4 is 0 Å². The molecule has 0 bridgehead atoms. The van der Waals surface area contributed by atoms with Crippen LogP contribution in [0.25, 0.3) is 0 Å². The number of rotatable bonds is 4. The largest absolute Gasteiger partial charge is 0.493 e. The Bertz CT molecular complexity index is 307. The topological polar surface area (TPSA) is 9.23 Å². The average molecular weight is 196 g/mol. The first-order valence-electron chi connectivity index (χ1n) is 5.10. The average Bonchev–Trinajstić information content (AvgIpc) is 2.14. The summed E-state index contributed by atoms with van der Waals surface area (Å²) in [5.41, 5.74) is 1.59. The van der Waals surface area contributed by atoms with E-state index in [0.717, 1.165) is 12.0 Å². The van der Waals surface area contributed by atoms with Gasteiger partial charge in [0, 0.05) is 5.56 Å². The second-order valence-electron chi connectivity index (χ2n) is 3.43. The fourth-order valence-electron chi connectivity index (χ4n) is 1.42. The maximum atomic E-state index is 13.5. The molecule has 0 fully saturated rings. The molecule has 0 aliphatic heterocycles. The molecule has 0 amide bonds. The fourth-order valence-corrected chi connectivity index (χ4v) is 1.42. The second-order valence-corrected chi connectivity index (χ2v) is 3.43. The highest BCUT2D eigenvalue weighted by Crippen LogP contribution is 2.24. The van der Waals surface area contributed by atoms with Gasteiger partial charge in [0.15, 0.2) is 0 Å². The standard InChI is InChI=1S/C12H17FO/c1-4-6-14-12-8-9(3)7-11(13)10(12)5-2/h7-8H,4-6H2,1-3H3. The van der Waals surface area contributed by atoms with Gasteiger partial charge in [0.05, 0.1) is 6.61 Å². The predicted molar refractivity (Wildman–Crippen MR) is 56.3 cm³/mol. The van der Waals surface area contributed by atoms with Crippen LogP contribution in [0.1, 0.15) is 31.4 Å². The van der Waals surface area contributed by atoms with Crippen molar-refractivity contribution in [2.45, 2.75) is 33.6 Å². The Hall–Kier alpha value is -1.05. The van der Waals surface area contributed by atoms with Crippen molar-refractivity contribution in [2.75, 3.05) is 6.61 Å². The number of ether oxygens (including phenoxy) is 1. The van der Waals surface area contributed by atoms with Gasteiger partial charge in [-0.05, 0) is 37.5 Å². The normalized spacial score (nSPS) is 10.3. The quantitative estimate of drug-likeness (QED) is 0.716. The van der Waals surface area contributed by atoms with Gasteiger partial charge in [0.25, 0.3) is 0 Å². The molecular weight excluding hydrogens is 179 g/mol. The lowest BCUT2D eigenvalue weighted by Gasteiger charge is -2.11. The van der Waals surface area contributed by atoms with E-state index in [2.05, 4.69) is 0 Å². The SMILES string of the molecule is CCCOc1cc(C)cc(F)c1CC. The fraction of sp³-hybridized carbons (Fsp3) is 0.500. The number of aryl methyl sites for hydroxylation is 1. The van der Waals surface area contributed by atoms with Crippen molar-refractivity contribution in [3.8, 4) is 5.75 Å². The molecule has 1 nitrogen and oxygen atoms in total. The minimum atomic E-state index is -0.154. The van der Waals surface area contributed by atoms with Crippen molar-refractivity contribution in [3.05, 3.63) is 29.1 Å². The first-order valence-corrected chi connectivity index (χ1v) is 5.10. The molecule has 1 rings (SSSR count). The van der Waals surface area contributed by atoms with E-state index in [0.29, 0.717) is 24.3 Å². The molecule has 2 heteroatoms. The van der Waals surface area contributed by atoms with Crippen molar-refractivity contribution in [3.63, 3.8) is 0 Å². The molecule has 0 radical (unpaired) electrons. The molecule has 0 N–H and O–H groups in total. The van der Waals surface area contributed by atoms with E-state index in [9.17, 15) is 4.39 Å². The molecule has 0 atom stereocenters. The first-order chi connectivity index (χ1) is 6.69. The molecule has 14 heavy (non-hydrogen) atoms. The van der Waals surface area contributed by atoms with Crippen LogP contribution in [0.15, 0.2) is 12.1 Å². The van der Waals surface area contributed by atoms with Gasteiger partial charge in [0.1, 0.15) is 11.6 Å². The Morgan fingerprint density at radius 1 is 1.29 bits per heavy atom. The van der Waals surface area contributed by atoms with Crippen LogP contribution >= 0.6 is 0 Å². The maximum absolute atomic E-state index is 13.5. The van der Waals surface area contributed by atoms with Gasteiger partial charge < -0.3 is 4.74 Å². The molecule has 0 heterocycles. The van der Waals surface area contributed by atoms with Crippen LogP contribution in [0, 0.1) is 12.7 Å². The second kappa shape index (κ2) is 4.99. The summed E-state index contributed by atoms with van der Waals surface area (Å²) in [5.74, 6) is 0.547. The summed E-state index contributed by atoms with van der Waals surface area (Å²) in [6.45, 7) is 6.50. The van der Waals surface area contributed by atoms with Gasteiger partial charge in [0.2, 0.25) is 0 Å². The third-order valence-corrected chi connectivity index (χ3v) is 2.11. The molecular formula is C12H17FO. The van der Waals surface area contributed by atoms with Gasteiger partial charge >= 0.3 is 0 Å². The minimum Gasteiger partial charge on any atom is -0.493 e. The van der Waals surface area contributed by atoms with Crippen LogP contribution in [0.3, 0.4) is 0 Å². The highest BCUT2D eigenvalue weighted by Gasteiger charge is 2.08. The zero-order chi connectivity index (χ0) is 10.6. The predicted octanol–water partition coefficient (Wildman–Crippen LogP) is 3.49. The molecule has 78 valence electrons. The highest BCUT2D eigenvalue weighted by atomic mass is 19.1. The third-order valence-electron chi connectivity index (χ3n) is 2.11. The third kappa shape index (κ3) is 2.47. The summed E-state index contributed by atoms with van der Waals surface area (Å²) in [5, 5.41) is 0. The van der Waals surface area contributed by atoms with Gasteiger partial charge in [-0.2, -0.15) is 0 Å². The van der Waals surface area contributed by atoms with Gasteiger partial charge in [-0.15, -0.1) is 0 Å². The summed E-state index contributed by atoms with van der Waals surface area (Å²) >= 11 is 0. The van der Waals surface area contributed by atoms with Crippen molar-refractivity contribution in [2.24, 2.45) is 0 Å². The van der Waals surface area contributed by atoms with Crippen molar-refractivity contribution < 1.29 is 9.13 Å². The van der Waals surface area contributed by atoms with Crippen LogP contribution in [-0.2, 0) is 6.42 Å². The zero-order valence-electron chi connectivity index (χ0n) is 9.06.